The number of carbonyl (C=O) groups is 1. The molecule has 1 aliphatic carbocycles. The van der Waals surface area contributed by atoms with E-state index in [4.69, 9.17) is 0 Å². The Labute approximate surface area is 132 Å². The van der Waals surface area contributed by atoms with Crippen LogP contribution in [0.3, 0.4) is 0 Å². The van der Waals surface area contributed by atoms with Gasteiger partial charge in [-0.3, -0.25) is 19.1 Å². The van der Waals surface area contributed by atoms with Crippen LogP contribution in [0.25, 0.3) is 11.0 Å². The van der Waals surface area contributed by atoms with Crippen LogP contribution >= 0.6 is 0 Å². The van der Waals surface area contributed by atoms with Gasteiger partial charge in [-0.05, 0) is 39.2 Å². The third-order valence-corrected chi connectivity index (χ3v) is 4.29. The standard InChI is InChI=1S/C16H20N4O3/c1-4-16(2,3)19-13(21)9-7-11-12(17-8-9)20(10-5-6-10)15(23)18-14(11)22/h7-8,10H,4-6H2,1-3H3,(H,19,21)(H,18,22,23). The highest BCUT2D eigenvalue weighted by Gasteiger charge is 2.28. The molecule has 3 rings (SSSR count). The van der Waals surface area contributed by atoms with Crippen molar-refractivity contribution in [1.29, 1.82) is 0 Å². The summed E-state index contributed by atoms with van der Waals surface area (Å²) in [4.78, 5) is 42.9. The molecule has 2 aromatic rings. The van der Waals surface area contributed by atoms with Crippen molar-refractivity contribution in [1.82, 2.24) is 19.9 Å². The molecule has 0 atom stereocenters. The van der Waals surface area contributed by atoms with Crippen LogP contribution in [-0.2, 0) is 0 Å². The van der Waals surface area contributed by atoms with Crippen LogP contribution in [0.2, 0.25) is 0 Å². The van der Waals surface area contributed by atoms with Crippen molar-refractivity contribution in [3.8, 4) is 0 Å². The lowest BCUT2D eigenvalue weighted by Crippen LogP contribution is -2.42. The number of hydrogen-bond acceptors (Lipinski definition) is 4. The summed E-state index contributed by atoms with van der Waals surface area (Å²) in [5, 5.41) is 3.17. The number of rotatable bonds is 4. The Morgan fingerprint density at radius 1 is 1.43 bits per heavy atom. The number of hydrogen-bond donors (Lipinski definition) is 2. The Morgan fingerprint density at radius 2 is 2.13 bits per heavy atom. The number of H-pyrrole nitrogens is 1. The Morgan fingerprint density at radius 3 is 2.74 bits per heavy atom. The van der Waals surface area contributed by atoms with Crippen molar-refractivity contribution in [2.24, 2.45) is 0 Å². The van der Waals surface area contributed by atoms with E-state index in [9.17, 15) is 14.4 Å². The van der Waals surface area contributed by atoms with Crippen molar-refractivity contribution >= 4 is 16.9 Å². The molecule has 7 nitrogen and oxygen atoms in total. The van der Waals surface area contributed by atoms with E-state index in [1.54, 1.807) is 0 Å². The molecule has 0 aliphatic heterocycles. The number of amides is 1. The normalized spacial score (nSPS) is 14.9. The zero-order valence-corrected chi connectivity index (χ0v) is 13.5. The molecule has 0 saturated heterocycles. The molecule has 2 N–H and O–H groups in total. The Kier molecular flexibility index (Phi) is 3.58. The minimum Gasteiger partial charge on any atom is -0.347 e. The van der Waals surface area contributed by atoms with Crippen LogP contribution in [0.15, 0.2) is 21.9 Å². The summed E-state index contributed by atoms with van der Waals surface area (Å²) in [5.41, 5.74) is -0.649. The molecule has 0 spiro atoms. The van der Waals surface area contributed by atoms with E-state index < -0.39 is 11.2 Å². The summed E-state index contributed by atoms with van der Waals surface area (Å²) in [6.45, 7) is 5.84. The second-order valence-corrected chi connectivity index (χ2v) is 6.65. The molecule has 0 bridgehead atoms. The first-order valence-electron chi connectivity index (χ1n) is 7.79. The van der Waals surface area contributed by atoms with Crippen molar-refractivity contribution in [3.63, 3.8) is 0 Å². The maximum atomic E-state index is 12.3. The van der Waals surface area contributed by atoms with Gasteiger partial charge in [-0.15, -0.1) is 0 Å². The fourth-order valence-electron chi connectivity index (χ4n) is 2.40. The minimum atomic E-state index is -0.515. The van der Waals surface area contributed by atoms with E-state index >= 15 is 0 Å². The van der Waals surface area contributed by atoms with Crippen molar-refractivity contribution in [2.75, 3.05) is 0 Å². The molecule has 7 heteroatoms. The molecule has 2 heterocycles. The molecule has 23 heavy (non-hydrogen) atoms. The highest BCUT2D eigenvalue weighted by molar-refractivity contribution is 5.97. The fraction of sp³-hybridized carbons (Fsp3) is 0.500. The molecule has 122 valence electrons. The molecular weight excluding hydrogens is 296 g/mol. The third kappa shape index (κ3) is 2.91. The van der Waals surface area contributed by atoms with Crippen LogP contribution in [0.4, 0.5) is 0 Å². The number of aromatic amines is 1. The number of pyridine rings is 1. The van der Waals surface area contributed by atoms with Crippen LogP contribution in [0.5, 0.6) is 0 Å². The summed E-state index contributed by atoms with van der Waals surface area (Å²) in [7, 11) is 0. The first-order valence-corrected chi connectivity index (χ1v) is 7.79. The summed E-state index contributed by atoms with van der Waals surface area (Å²) in [6, 6.07) is 1.59. The third-order valence-electron chi connectivity index (χ3n) is 4.29. The number of fused-ring (bicyclic) bond motifs is 1. The van der Waals surface area contributed by atoms with Gasteiger partial charge in [-0.25, -0.2) is 9.78 Å². The van der Waals surface area contributed by atoms with Gasteiger partial charge in [0.25, 0.3) is 11.5 Å². The lowest BCUT2D eigenvalue weighted by molar-refractivity contribution is 0.0911. The zero-order chi connectivity index (χ0) is 16.8. The molecule has 1 amide bonds. The largest absolute Gasteiger partial charge is 0.347 e. The smallest absolute Gasteiger partial charge is 0.330 e. The summed E-state index contributed by atoms with van der Waals surface area (Å²) >= 11 is 0. The van der Waals surface area contributed by atoms with E-state index in [2.05, 4.69) is 15.3 Å². The lowest BCUT2D eigenvalue weighted by Gasteiger charge is -2.24. The quantitative estimate of drug-likeness (QED) is 0.889. The Balaban J connectivity index is 2.08. The summed E-state index contributed by atoms with van der Waals surface area (Å²) in [5.74, 6) is -0.283. The van der Waals surface area contributed by atoms with Crippen LogP contribution < -0.4 is 16.6 Å². The lowest BCUT2D eigenvalue weighted by atomic mass is 10.0. The zero-order valence-electron chi connectivity index (χ0n) is 13.5. The first-order chi connectivity index (χ1) is 10.8. The summed E-state index contributed by atoms with van der Waals surface area (Å²) < 4.78 is 1.51. The maximum absolute atomic E-state index is 12.3. The highest BCUT2D eigenvalue weighted by Crippen LogP contribution is 2.34. The average Bonchev–Trinajstić information content (AvgIpc) is 3.31. The van der Waals surface area contributed by atoms with Crippen molar-refractivity contribution < 1.29 is 4.79 Å². The van der Waals surface area contributed by atoms with E-state index in [0.29, 0.717) is 11.2 Å². The predicted molar refractivity (Wildman–Crippen MR) is 86.7 cm³/mol. The Hall–Kier alpha value is -2.44. The molecule has 0 radical (unpaired) electrons. The minimum absolute atomic E-state index is 0.0908. The van der Waals surface area contributed by atoms with Gasteiger partial charge < -0.3 is 5.32 Å². The predicted octanol–water partition coefficient (Wildman–Crippen LogP) is 1.34. The van der Waals surface area contributed by atoms with E-state index in [1.807, 2.05) is 20.8 Å². The molecule has 2 aromatic heterocycles. The molecular formula is C16H20N4O3. The van der Waals surface area contributed by atoms with E-state index in [1.165, 1.54) is 16.8 Å². The molecule has 0 unspecified atom stereocenters. The topological polar surface area (TPSA) is 96.8 Å². The molecule has 1 aliphatic rings. The first kappa shape index (κ1) is 15.5. The maximum Gasteiger partial charge on any atom is 0.330 e. The number of nitrogens with one attached hydrogen (secondary N) is 2. The number of carbonyl (C=O) groups excluding carboxylic acids is 1. The van der Waals surface area contributed by atoms with Gasteiger partial charge in [0.1, 0.15) is 5.65 Å². The second-order valence-electron chi connectivity index (χ2n) is 6.65. The second kappa shape index (κ2) is 5.33. The highest BCUT2D eigenvalue weighted by atomic mass is 16.2. The molecule has 0 aromatic carbocycles. The van der Waals surface area contributed by atoms with Gasteiger partial charge >= 0.3 is 5.69 Å². The van der Waals surface area contributed by atoms with Gasteiger partial charge in [-0.2, -0.15) is 0 Å². The van der Waals surface area contributed by atoms with Crippen LogP contribution in [0.1, 0.15) is 56.4 Å². The molecule has 1 fully saturated rings. The monoisotopic (exact) mass is 316 g/mol. The Bertz CT molecular complexity index is 890. The van der Waals surface area contributed by atoms with Gasteiger partial charge in [0, 0.05) is 17.8 Å². The van der Waals surface area contributed by atoms with E-state index in [-0.39, 0.29) is 22.9 Å². The summed E-state index contributed by atoms with van der Waals surface area (Å²) in [6.07, 6.45) is 3.99. The number of aromatic nitrogens is 3. The SMILES string of the molecule is CCC(C)(C)NC(=O)c1cnc2c(c1)c(=O)[nH]c(=O)n2C1CC1. The van der Waals surface area contributed by atoms with Crippen molar-refractivity contribution in [3.05, 3.63) is 38.7 Å². The van der Waals surface area contributed by atoms with Crippen LogP contribution in [-0.4, -0.2) is 26.0 Å². The van der Waals surface area contributed by atoms with E-state index in [0.717, 1.165) is 19.3 Å². The number of nitrogens with zero attached hydrogens (tertiary/aromatic N) is 2. The van der Waals surface area contributed by atoms with Gasteiger partial charge in [-0.1, -0.05) is 6.92 Å². The van der Waals surface area contributed by atoms with Gasteiger partial charge in [0.05, 0.1) is 10.9 Å². The van der Waals surface area contributed by atoms with Gasteiger partial charge in [0.15, 0.2) is 0 Å². The van der Waals surface area contributed by atoms with Crippen molar-refractivity contribution in [2.45, 2.75) is 51.6 Å². The van der Waals surface area contributed by atoms with Crippen LogP contribution in [0, 0.1) is 0 Å². The average molecular weight is 316 g/mol. The molecule has 1 saturated carbocycles. The fourth-order valence-corrected chi connectivity index (χ4v) is 2.40. The van der Waals surface area contributed by atoms with Gasteiger partial charge in [0.2, 0.25) is 0 Å².